The number of benzene rings is 2. The number of aromatic nitrogens is 1. The molecule has 1 aliphatic heterocycles. The zero-order chi connectivity index (χ0) is 26.2. The number of pyridine rings is 1. The van der Waals surface area contributed by atoms with Crippen LogP contribution in [0.1, 0.15) is 48.3 Å². The topological polar surface area (TPSA) is 71.4 Å². The number of rotatable bonds is 4. The lowest BCUT2D eigenvalue weighted by atomic mass is 9.69. The summed E-state index contributed by atoms with van der Waals surface area (Å²) in [5, 5.41) is 2.47. The number of aliphatic imine (C=N–C) groups is 1. The van der Waals surface area contributed by atoms with Crippen LogP contribution in [0.15, 0.2) is 95.4 Å². The van der Waals surface area contributed by atoms with Gasteiger partial charge in [-0.25, -0.2) is 0 Å². The van der Waals surface area contributed by atoms with Crippen molar-refractivity contribution in [2.24, 2.45) is 10.9 Å². The molecule has 5 rings (SSSR count). The van der Waals surface area contributed by atoms with Gasteiger partial charge in [-0.15, -0.1) is 0 Å². The number of halogens is 3. The number of hydrogen-bond acceptors (Lipinski definition) is 4. The normalized spacial score (nSPS) is 21.8. The number of nitrogens with one attached hydrogen (secondary N) is 1. The molecule has 3 aromatic rings. The highest BCUT2D eigenvalue weighted by Gasteiger charge is 2.44. The Kier molecular flexibility index (Phi) is 6.50. The highest BCUT2D eigenvalue weighted by atomic mass is 19.4. The van der Waals surface area contributed by atoms with Crippen molar-refractivity contribution in [3.63, 3.8) is 0 Å². The molecule has 2 heterocycles. The van der Waals surface area contributed by atoms with E-state index in [-0.39, 0.29) is 23.8 Å². The second-order valence-electron chi connectivity index (χ2n) is 9.33. The van der Waals surface area contributed by atoms with E-state index in [0.717, 1.165) is 11.6 Å². The Morgan fingerprint density at radius 1 is 0.946 bits per heavy atom. The zero-order valence-corrected chi connectivity index (χ0v) is 20.0. The number of hydrogen-bond donors (Lipinski definition) is 1. The van der Waals surface area contributed by atoms with Crippen LogP contribution in [0.4, 0.5) is 18.9 Å². The van der Waals surface area contributed by atoms with Crippen molar-refractivity contribution in [1.29, 1.82) is 0 Å². The van der Waals surface area contributed by atoms with Crippen molar-refractivity contribution < 1.29 is 22.8 Å². The molecule has 1 amide bonds. The lowest BCUT2D eigenvalue weighted by Gasteiger charge is -2.37. The Morgan fingerprint density at radius 3 is 2.35 bits per heavy atom. The summed E-state index contributed by atoms with van der Waals surface area (Å²) in [7, 11) is 0. The fraction of sp³-hybridized carbons (Fsp3) is 0.241. The van der Waals surface area contributed by atoms with Gasteiger partial charge in [0.1, 0.15) is 0 Å². The molecule has 1 aliphatic carbocycles. The maximum absolute atomic E-state index is 13.6. The lowest BCUT2D eigenvalue weighted by Crippen LogP contribution is -2.40. The standard InChI is InChI=1S/C29H24F3N3O2/c1-17-25(28(37)35-22-12-6-5-11-21(22)29(30,31)32)26(19-10-7-13-33-16-19)27-23(34-17)14-20(15-24(27)36)18-8-3-2-4-9-18/h2-13,16,20,25-26H,14-15H2,1H3,(H,35,37). The minimum atomic E-state index is -4.64. The number of anilines is 1. The number of para-hydroxylation sites is 1. The van der Waals surface area contributed by atoms with Crippen LogP contribution in [0, 0.1) is 5.92 Å². The monoisotopic (exact) mass is 503 g/mol. The molecule has 2 aromatic carbocycles. The number of ketones is 1. The summed E-state index contributed by atoms with van der Waals surface area (Å²) < 4.78 is 40.7. The Morgan fingerprint density at radius 2 is 1.65 bits per heavy atom. The van der Waals surface area contributed by atoms with Crippen LogP contribution in [0.2, 0.25) is 0 Å². The van der Waals surface area contributed by atoms with Gasteiger partial charge >= 0.3 is 6.18 Å². The van der Waals surface area contributed by atoms with Crippen LogP contribution in [0.5, 0.6) is 0 Å². The van der Waals surface area contributed by atoms with E-state index < -0.39 is 29.5 Å². The molecule has 0 radical (unpaired) electrons. The fourth-order valence-corrected chi connectivity index (χ4v) is 5.33. The summed E-state index contributed by atoms with van der Waals surface area (Å²) in [6.07, 6.45) is -0.659. The smallest absolute Gasteiger partial charge is 0.325 e. The Bertz CT molecular complexity index is 1400. The van der Waals surface area contributed by atoms with Crippen LogP contribution in [0.3, 0.4) is 0 Å². The molecule has 188 valence electrons. The summed E-state index contributed by atoms with van der Waals surface area (Å²) in [5.41, 5.74) is 1.90. The number of alkyl halides is 3. The summed E-state index contributed by atoms with van der Waals surface area (Å²) in [6.45, 7) is 1.68. The average molecular weight is 504 g/mol. The van der Waals surface area contributed by atoms with E-state index in [2.05, 4.69) is 10.3 Å². The van der Waals surface area contributed by atoms with Gasteiger partial charge in [-0.1, -0.05) is 48.5 Å². The van der Waals surface area contributed by atoms with Crippen molar-refractivity contribution in [3.05, 3.63) is 107 Å². The van der Waals surface area contributed by atoms with Crippen molar-refractivity contribution in [2.75, 3.05) is 5.32 Å². The van der Waals surface area contributed by atoms with E-state index >= 15 is 0 Å². The molecule has 3 atom stereocenters. The number of Topliss-reactive ketones (excluding diaryl/α,β-unsaturated/α-hetero) is 1. The molecule has 0 bridgehead atoms. The first-order chi connectivity index (χ1) is 17.7. The molecule has 1 aromatic heterocycles. The minimum absolute atomic E-state index is 0.0393. The minimum Gasteiger partial charge on any atom is -0.325 e. The maximum atomic E-state index is 13.6. The van der Waals surface area contributed by atoms with Gasteiger partial charge in [0.25, 0.3) is 0 Å². The van der Waals surface area contributed by atoms with Gasteiger partial charge in [0, 0.05) is 41.7 Å². The Labute approximate surface area is 212 Å². The van der Waals surface area contributed by atoms with E-state index in [1.807, 2.05) is 30.3 Å². The number of carbonyl (C=O) groups excluding carboxylic acids is 2. The van der Waals surface area contributed by atoms with Crippen LogP contribution < -0.4 is 5.32 Å². The first-order valence-corrected chi connectivity index (χ1v) is 12.0. The third-order valence-electron chi connectivity index (χ3n) is 6.98. The first kappa shape index (κ1) is 24.6. The predicted octanol–water partition coefficient (Wildman–Crippen LogP) is 6.31. The summed E-state index contributed by atoms with van der Waals surface area (Å²) >= 11 is 0. The van der Waals surface area contributed by atoms with Gasteiger partial charge < -0.3 is 5.32 Å². The van der Waals surface area contributed by atoms with Crippen LogP contribution in [-0.2, 0) is 15.8 Å². The number of amides is 1. The highest BCUT2D eigenvalue weighted by Crippen LogP contribution is 2.47. The molecule has 1 N–H and O–H groups in total. The van der Waals surface area contributed by atoms with Gasteiger partial charge in [-0.2, -0.15) is 13.2 Å². The summed E-state index contributed by atoms with van der Waals surface area (Å²) in [5.74, 6) is -2.49. The molecular formula is C29H24F3N3O2. The second-order valence-corrected chi connectivity index (χ2v) is 9.33. The largest absolute Gasteiger partial charge is 0.418 e. The third kappa shape index (κ3) is 4.83. The van der Waals surface area contributed by atoms with E-state index in [1.54, 1.807) is 31.5 Å². The molecule has 5 nitrogen and oxygen atoms in total. The van der Waals surface area contributed by atoms with E-state index in [4.69, 9.17) is 4.99 Å². The number of carbonyl (C=O) groups is 2. The zero-order valence-electron chi connectivity index (χ0n) is 20.0. The van der Waals surface area contributed by atoms with Crippen LogP contribution in [-0.4, -0.2) is 22.4 Å². The Balaban J connectivity index is 1.55. The predicted molar refractivity (Wildman–Crippen MR) is 134 cm³/mol. The highest BCUT2D eigenvalue weighted by molar-refractivity contribution is 6.13. The second kappa shape index (κ2) is 9.76. The van der Waals surface area contributed by atoms with E-state index in [9.17, 15) is 22.8 Å². The summed E-state index contributed by atoms with van der Waals surface area (Å²) in [6, 6.07) is 18.1. The van der Waals surface area contributed by atoms with Gasteiger partial charge in [0.15, 0.2) is 5.78 Å². The van der Waals surface area contributed by atoms with Gasteiger partial charge in [0.2, 0.25) is 5.91 Å². The number of nitrogens with zero attached hydrogens (tertiary/aromatic N) is 2. The first-order valence-electron chi connectivity index (χ1n) is 12.0. The SMILES string of the molecule is CC1=NC2=C(C(=O)CC(c3ccccc3)C2)C(c2cccnc2)C1C(=O)Nc1ccccc1C(F)(F)F. The molecule has 8 heteroatoms. The molecule has 0 saturated carbocycles. The van der Waals surface area contributed by atoms with Crippen LogP contribution in [0.25, 0.3) is 0 Å². The molecule has 3 unspecified atom stereocenters. The Hall–Kier alpha value is -4.07. The van der Waals surface area contributed by atoms with E-state index in [0.29, 0.717) is 29.0 Å². The molecule has 0 saturated heterocycles. The van der Waals surface area contributed by atoms with Crippen molar-refractivity contribution in [1.82, 2.24) is 4.98 Å². The van der Waals surface area contributed by atoms with Gasteiger partial charge in [-0.05, 0) is 48.6 Å². The molecule has 0 spiro atoms. The van der Waals surface area contributed by atoms with Gasteiger partial charge in [-0.3, -0.25) is 19.6 Å². The fourth-order valence-electron chi connectivity index (χ4n) is 5.33. The molecule has 2 aliphatic rings. The van der Waals surface area contributed by atoms with Gasteiger partial charge in [0.05, 0.1) is 17.2 Å². The van der Waals surface area contributed by atoms with E-state index in [1.165, 1.54) is 18.2 Å². The van der Waals surface area contributed by atoms with Crippen LogP contribution >= 0.6 is 0 Å². The number of allylic oxidation sites excluding steroid dienone is 2. The quantitative estimate of drug-likeness (QED) is 0.453. The molecule has 0 fully saturated rings. The molecule has 37 heavy (non-hydrogen) atoms. The van der Waals surface area contributed by atoms with Crippen molar-refractivity contribution in [3.8, 4) is 0 Å². The van der Waals surface area contributed by atoms with Crippen molar-refractivity contribution in [2.45, 2.75) is 37.8 Å². The molecular weight excluding hydrogens is 479 g/mol. The van der Waals surface area contributed by atoms with Crippen molar-refractivity contribution >= 4 is 23.1 Å². The lowest BCUT2D eigenvalue weighted by molar-refractivity contribution is -0.137. The average Bonchev–Trinajstić information content (AvgIpc) is 2.88. The maximum Gasteiger partial charge on any atom is 0.418 e. The summed E-state index contributed by atoms with van der Waals surface area (Å²) in [4.78, 5) is 36.1. The third-order valence-corrected chi connectivity index (χ3v) is 6.98.